The Morgan fingerprint density at radius 3 is 2.43 bits per heavy atom. The van der Waals surface area contributed by atoms with E-state index in [9.17, 15) is 4.79 Å². The lowest BCUT2D eigenvalue weighted by molar-refractivity contribution is -0.123. The second kappa shape index (κ2) is 3.44. The molecule has 0 atom stereocenters. The lowest BCUT2D eigenvalue weighted by Gasteiger charge is -2.17. The fraction of sp³-hybridized carbons (Fsp3) is 0.600. The van der Waals surface area contributed by atoms with Crippen molar-refractivity contribution in [3.05, 3.63) is 11.8 Å². The molecule has 4 heteroatoms. The second-order valence-corrected chi connectivity index (χ2v) is 4.50. The van der Waals surface area contributed by atoms with Crippen LogP contribution in [-0.2, 0) is 11.8 Å². The molecule has 1 aromatic heterocycles. The number of nitrogens with one attached hydrogen (secondary N) is 1. The molecule has 0 bridgehead atoms. The monoisotopic (exact) mass is 195 g/mol. The minimum atomic E-state index is -0.377. The summed E-state index contributed by atoms with van der Waals surface area (Å²) in [5.74, 6) is 0.739. The van der Waals surface area contributed by atoms with E-state index in [0.29, 0.717) is 0 Å². The molecule has 0 fully saturated rings. The maximum atomic E-state index is 11.6. The normalized spacial score (nSPS) is 11.5. The van der Waals surface area contributed by atoms with Crippen molar-refractivity contribution in [1.29, 1.82) is 0 Å². The first-order valence-corrected chi connectivity index (χ1v) is 4.63. The van der Waals surface area contributed by atoms with Gasteiger partial charge in [-0.1, -0.05) is 20.8 Å². The Morgan fingerprint density at radius 1 is 1.50 bits per heavy atom. The lowest BCUT2D eigenvalue weighted by Crippen LogP contribution is -2.28. The highest BCUT2D eigenvalue weighted by Gasteiger charge is 2.22. The quantitative estimate of drug-likeness (QED) is 0.741. The van der Waals surface area contributed by atoms with Gasteiger partial charge in [-0.25, -0.2) is 0 Å². The van der Waals surface area contributed by atoms with E-state index >= 15 is 0 Å². The number of aromatic nitrogens is 2. The van der Waals surface area contributed by atoms with E-state index in [-0.39, 0.29) is 11.3 Å². The van der Waals surface area contributed by atoms with E-state index in [1.807, 2.05) is 40.8 Å². The van der Waals surface area contributed by atoms with Gasteiger partial charge in [0.05, 0.1) is 5.69 Å². The van der Waals surface area contributed by atoms with Gasteiger partial charge in [-0.05, 0) is 6.92 Å². The molecule has 1 aromatic rings. The summed E-state index contributed by atoms with van der Waals surface area (Å²) in [6, 6.07) is 1.85. The fourth-order valence-corrected chi connectivity index (χ4v) is 1.03. The molecule has 0 aliphatic heterocycles. The number of amides is 1. The third-order valence-corrected chi connectivity index (χ3v) is 1.92. The van der Waals surface area contributed by atoms with Gasteiger partial charge in [-0.15, -0.1) is 0 Å². The summed E-state index contributed by atoms with van der Waals surface area (Å²) in [5, 5.41) is 6.98. The summed E-state index contributed by atoms with van der Waals surface area (Å²) >= 11 is 0. The van der Waals surface area contributed by atoms with Crippen molar-refractivity contribution >= 4 is 11.7 Å². The minimum Gasteiger partial charge on any atom is -0.310 e. The summed E-state index contributed by atoms with van der Waals surface area (Å²) in [6.07, 6.45) is 0. The first-order chi connectivity index (χ1) is 6.30. The van der Waals surface area contributed by atoms with Crippen molar-refractivity contribution in [2.75, 3.05) is 5.32 Å². The van der Waals surface area contributed by atoms with Crippen LogP contribution in [0.5, 0.6) is 0 Å². The Balaban J connectivity index is 2.80. The number of hydrogen-bond acceptors (Lipinski definition) is 2. The minimum absolute atomic E-state index is 0.000463. The van der Waals surface area contributed by atoms with Crippen molar-refractivity contribution in [2.24, 2.45) is 12.5 Å². The Morgan fingerprint density at radius 2 is 2.07 bits per heavy atom. The topological polar surface area (TPSA) is 46.9 Å². The predicted molar refractivity (Wildman–Crippen MR) is 56.0 cm³/mol. The largest absolute Gasteiger partial charge is 0.310 e. The molecule has 0 aliphatic rings. The zero-order chi connectivity index (χ0) is 10.9. The van der Waals surface area contributed by atoms with Crippen LogP contribution >= 0.6 is 0 Å². The van der Waals surface area contributed by atoms with Crippen LogP contribution < -0.4 is 5.32 Å². The van der Waals surface area contributed by atoms with E-state index < -0.39 is 0 Å². The Bertz CT molecular complexity index is 347. The molecule has 1 amide bonds. The zero-order valence-electron chi connectivity index (χ0n) is 9.38. The van der Waals surface area contributed by atoms with Crippen LogP contribution in [0.25, 0.3) is 0 Å². The van der Waals surface area contributed by atoms with Gasteiger partial charge in [-0.2, -0.15) is 5.10 Å². The van der Waals surface area contributed by atoms with Crippen LogP contribution in [0.15, 0.2) is 6.07 Å². The van der Waals surface area contributed by atoms with Gasteiger partial charge in [0.15, 0.2) is 0 Å². The third kappa shape index (κ3) is 2.34. The highest BCUT2D eigenvalue weighted by Crippen LogP contribution is 2.17. The van der Waals surface area contributed by atoms with E-state index in [2.05, 4.69) is 10.4 Å². The van der Waals surface area contributed by atoms with Gasteiger partial charge in [0.1, 0.15) is 5.82 Å². The van der Waals surface area contributed by atoms with E-state index in [4.69, 9.17) is 0 Å². The maximum absolute atomic E-state index is 11.6. The molecule has 0 saturated carbocycles. The molecule has 0 saturated heterocycles. The number of anilines is 1. The highest BCUT2D eigenvalue weighted by atomic mass is 16.2. The van der Waals surface area contributed by atoms with Gasteiger partial charge >= 0.3 is 0 Å². The average Bonchev–Trinajstić information content (AvgIpc) is 2.28. The van der Waals surface area contributed by atoms with Crippen LogP contribution in [-0.4, -0.2) is 15.7 Å². The standard InChI is InChI=1S/C10H17N3O/c1-7-6-8(13(5)12-7)11-9(14)10(2,3)4/h6H,1-5H3,(H,11,14). The van der Waals surface area contributed by atoms with Gasteiger partial charge in [0.25, 0.3) is 0 Å². The van der Waals surface area contributed by atoms with E-state index in [1.54, 1.807) is 4.68 Å². The van der Waals surface area contributed by atoms with Gasteiger partial charge in [0.2, 0.25) is 5.91 Å². The first kappa shape index (κ1) is 10.8. The molecule has 0 unspecified atom stereocenters. The van der Waals surface area contributed by atoms with Crippen LogP contribution in [0.1, 0.15) is 26.5 Å². The Hall–Kier alpha value is -1.32. The molecule has 0 aliphatic carbocycles. The molecule has 1 rings (SSSR count). The molecule has 0 spiro atoms. The number of rotatable bonds is 1. The molecular weight excluding hydrogens is 178 g/mol. The summed E-state index contributed by atoms with van der Waals surface area (Å²) in [7, 11) is 1.81. The lowest BCUT2D eigenvalue weighted by atomic mass is 9.96. The molecule has 1 heterocycles. The smallest absolute Gasteiger partial charge is 0.230 e. The third-order valence-electron chi connectivity index (χ3n) is 1.92. The molecule has 0 radical (unpaired) electrons. The summed E-state index contributed by atoms with van der Waals surface area (Å²) in [5.41, 5.74) is 0.523. The van der Waals surface area contributed by atoms with Crippen LogP contribution in [0.3, 0.4) is 0 Å². The highest BCUT2D eigenvalue weighted by molar-refractivity contribution is 5.93. The number of carbonyl (C=O) groups excluding carboxylic acids is 1. The number of hydrogen-bond donors (Lipinski definition) is 1. The van der Waals surface area contributed by atoms with Crippen LogP contribution in [0.4, 0.5) is 5.82 Å². The van der Waals surface area contributed by atoms with Crippen LogP contribution in [0.2, 0.25) is 0 Å². The Kier molecular flexibility index (Phi) is 2.64. The molecular formula is C10H17N3O. The predicted octanol–water partition coefficient (Wildman–Crippen LogP) is 1.71. The number of carbonyl (C=O) groups is 1. The van der Waals surface area contributed by atoms with Gasteiger partial charge in [0, 0.05) is 18.5 Å². The van der Waals surface area contributed by atoms with Crippen LogP contribution in [0, 0.1) is 12.3 Å². The van der Waals surface area contributed by atoms with E-state index in [0.717, 1.165) is 11.5 Å². The molecule has 0 aromatic carbocycles. The van der Waals surface area contributed by atoms with E-state index in [1.165, 1.54) is 0 Å². The summed E-state index contributed by atoms with van der Waals surface area (Å²) < 4.78 is 1.67. The first-order valence-electron chi connectivity index (χ1n) is 4.63. The maximum Gasteiger partial charge on any atom is 0.230 e. The average molecular weight is 195 g/mol. The van der Waals surface area contributed by atoms with Gasteiger partial charge < -0.3 is 5.32 Å². The van der Waals surface area contributed by atoms with Crippen molar-refractivity contribution in [1.82, 2.24) is 9.78 Å². The zero-order valence-corrected chi connectivity index (χ0v) is 9.38. The number of nitrogens with zero attached hydrogens (tertiary/aromatic N) is 2. The molecule has 78 valence electrons. The number of aryl methyl sites for hydroxylation is 2. The summed E-state index contributed by atoms with van der Waals surface area (Å²) in [4.78, 5) is 11.6. The molecule has 1 N–H and O–H groups in total. The molecule has 4 nitrogen and oxygen atoms in total. The Labute approximate surface area is 84.3 Å². The fourth-order valence-electron chi connectivity index (χ4n) is 1.03. The van der Waals surface area contributed by atoms with Crippen molar-refractivity contribution in [3.63, 3.8) is 0 Å². The van der Waals surface area contributed by atoms with Gasteiger partial charge in [-0.3, -0.25) is 9.48 Å². The van der Waals surface area contributed by atoms with Crippen molar-refractivity contribution in [3.8, 4) is 0 Å². The van der Waals surface area contributed by atoms with Crippen molar-refractivity contribution in [2.45, 2.75) is 27.7 Å². The second-order valence-electron chi connectivity index (χ2n) is 4.50. The van der Waals surface area contributed by atoms with Crippen molar-refractivity contribution < 1.29 is 4.79 Å². The SMILES string of the molecule is Cc1cc(NC(=O)C(C)(C)C)n(C)n1. The summed E-state index contributed by atoms with van der Waals surface area (Å²) in [6.45, 7) is 7.54. The molecule has 14 heavy (non-hydrogen) atoms.